The molecule has 0 radical (unpaired) electrons. The summed E-state index contributed by atoms with van der Waals surface area (Å²) in [6, 6.07) is 0. The van der Waals surface area contributed by atoms with Gasteiger partial charge in [-0.1, -0.05) is 301 Å². The van der Waals surface area contributed by atoms with E-state index in [2.05, 4.69) is 57.2 Å². The molecule has 0 aliphatic carbocycles. The number of ether oxygens (including phenoxy) is 3. The van der Waals surface area contributed by atoms with Crippen LogP contribution in [0.2, 0.25) is 0 Å². The number of allylic oxidation sites excluding steroid dienone is 6. The van der Waals surface area contributed by atoms with E-state index in [0.717, 1.165) is 83.5 Å². The summed E-state index contributed by atoms with van der Waals surface area (Å²) < 4.78 is 16.8. The summed E-state index contributed by atoms with van der Waals surface area (Å²) >= 11 is 0. The van der Waals surface area contributed by atoms with E-state index in [0.29, 0.717) is 19.3 Å². The fraction of sp³-hybridized carbons (Fsp3) is 0.862. The molecule has 6 nitrogen and oxygen atoms in total. The highest BCUT2D eigenvalue weighted by Crippen LogP contribution is 2.18. The van der Waals surface area contributed by atoms with Gasteiger partial charge < -0.3 is 14.2 Å². The second-order valence-corrected chi connectivity index (χ2v) is 21.3. The van der Waals surface area contributed by atoms with Crippen molar-refractivity contribution in [3.63, 3.8) is 0 Å². The Morgan fingerprint density at radius 2 is 0.507 bits per heavy atom. The molecule has 0 aliphatic rings. The lowest BCUT2D eigenvalue weighted by molar-refractivity contribution is -0.167. The van der Waals surface area contributed by atoms with Crippen molar-refractivity contribution in [2.24, 2.45) is 0 Å². The van der Waals surface area contributed by atoms with Crippen LogP contribution in [0.5, 0.6) is 0 Å². The van der Waals surface area contributed by atoms with E-state index in [4.69, 9.17) is 14.2 Å². The lowest BCUT2D eigenvalue weighted by atomic mass is 10.0. The average Bonchev–Trinajstić information content (AvgIpc) is 3.37. The van der Waals surface area contributed by atoms with Gasteiger partial charge >= 0.3 is 17.9 Å². The smallest absolute Gasteiger partial charge is 0.306 e. The van der Waals surface area contributed by atoms with E-state index >= 15 is 0 Å². The maximum atomic E-state index is 12.8. The summed E-state index contributed by atoms with van der Waals surface area (Å²) in [5, 5.41) is 0. The van der Waals surface area contributed by atoms with Crippen molar-refractivity contribution in [2.75, 3.05) is 13.2 Å². The Labute approximate surface area is 442 Å². The fourth-order valence-electron chi connectivity index (χ4n) is 9.39. The van der Waals surface area contributed by atoms with Crippen LogP contribution in [0.3, 0.4) is 0 Å². The van der Waals surface area contributed by atoms with E-state index in [1.54, 1.807) is 0 Å². The molecule has 0 aromatic carbocycles. The summed E-state index contributed by atoms with van der Waals surface area (Å²) in [7, 11) is 0. The number of carbonyl (C=O) groups excluding carboxylic acids is 3. The molecule has 1 unspecified atom stereocenters. The summed E-state index contributed by atoms with van der Waals surface area (Å²) in [6.45, 7) is 6.59. The third-order valence-corrected chi connectivity index (χ3v) is 14.1. The largest absolute Gasteiger partial charge is 0.462 e. The minimum Gasteiger partial charge on any atom is -0.462 e. The molecule has 0 rings (SSSR count). The Kier molecular flexibility index (Phi) is 58.2. The first-order valence-electron chi connectivity index (χ1n) is 31.5. The molecule has 0 aliphatic heterocycles. The first-order valence-corrected chi connectivity index (χ1v) is 31.5. The molecule has 71 heavy (non-hydrogen) atoms. The van der Waals surface area contributed by atoms with Crippen LogP contribution in [-0.4, -0.2) is 37.2 Å². The molecule has 0 saturated heterocycles. The lowest BCUT2D eigenvalue weighted by Gasteiger charge is -2.18. The first-order chi connectivity index (χ1) is 35.0. The minimum absolute atomic E-state index is 0.0716. The average molecular weight is 998 g/mol. The zero-order chi connectivity index (χ0) is 51.4. The predicted octanol–water partition coefficient (Wildman–Crippen LogP) is 21.2. The van der Waals surface area contributed by atoms with Gasteiger partial charge in [0.1, 0.15) is 13.2 Å². The van der Waals surface area contributed by atoms with Gasteiger partial charge in [-0.2, -0.15) is 0 Å². The molecule has 1 atom stereocenters. The van der Waals surface area contributed by atoms with E-state index in [-0.39, 0.29) is 31.1 Å². The molecular formula is C65H120O6. The highest BCUT2D eigenvalue weighted by atomic mass is 16.6. The quantitative estimate of drug-likeness (QED) is 0.0261. The second-order valence-electron chi connectivity index (χ2n) is 21.3. The van der Waals surface area contributed by atoms with Gasteiger partial charge in [0.25, 0.3) is 0 Å². The standard InChI is InChI=1S/C65H120O6/c1-4-7-10-13-15-17-19-21-23-25-27-29-31-32-34-35-37-39-41-43-45-47-49-52-55-58-64(67)70-61-62(60-69-63(66)57-54-51-12-9-6-3)71-65(68)59-56-53-50-48-46-44-42-40-38-36-33-30-28-26-24-22-20-18-16-14-11-8-5-2/h20,22,26,28,33,36,62H,4-19,21,23-25,27,29-32,34-35,37-61H2,1-3H3/b22-20-,28-26-,36-33-. The molecule has 0 heterocycles. The van der Waals surface area contributed by atoms with E-state index in [1.807, 2.05) is 0 Å². The molecule has 0 saturated carbocycles. The predicted molar refractivity (Wildman–Crippen MR) is 307 cm³/mol. The Balaban J connectivity index is 4.02. The summed E-state index contributed by atoms with van der Waals surface area (Å²) in [4.78, 5) is 37.9. The van der Waals surface area contributed by atoms with Crippen molar-refractivity contribution in [1.29, 1.82) is 0 Å². The monoisotopic (exact) mass is 997 g/mol. The van der Waals surface area contributed by atoms with Crippen LogP contribution >= 0.6 is 0 Å². The molecule has 0 bridgehead atoms. The fourth-order valence-corrected chi connectivity index (χ4v) is 9.39. The van der Waals surface area contributed by atoms with Gasteiger partial charge in [0, 0.05) is 19.3 Å². The number of hydrogen-bond acceptors (Lipinski definition) is 6. The van der Waals surface area contributed by atoms with Crippen LogP contribution < -0.4 is 0 Å². The Morgan fingerprint density at radius 3 is 0.789 bits per heavy atom. The van der Waals surface area contributed by atoms with Gasteiger partial charge in [-0.15, -0.1) is 0 Å². The molecule has 0 amide bonds. The molecule has 0 aromatic heterocycles. The Hall–Kier alpha value is -2.37. The van der Waals surface area contributed by atoms with Crippen molar-refractivity contribution < 1.29 is 28.6 Å². The van der Waals surface area contributed by atoms with Crippen LogP contribution in [0.25, 0.3) is 0 Å². The Bertz CT molecular complexity index is 1190. The summed E-state index contributed by atoms with van der Waals surface area (Å²) in [6.07, 6.45) is 73.5. The maximum Gasteiger partial charge on any atom is 0.306 e. The third-order valence-electron chi connectivity index (χ3n) is 14.1. The van der Waals surface area contributed by atoms with Crippen molar-refractivity contribution in [3.05, 3.63) is 36.5 Å². The van der Waals surface area contributed by atoms with Crippen molar-refractivity contribution in [1.82, 2.24) is 0 Å². The lowest BCUT2D eigenvalue weighted by Crippen LogP contribution is -2.30. The normalized spacial score (nSPS) is 12.2. The van der Waals surface area contributed by atoms with Crippen LogP contribution in [0.1, 0.15) is 342 Å². The van der Waals surface area contributed by atoms with Gasteiger partial charge in [0.15, 0.2) is 6.10 Å². The first kappa shape index (κ1) is 68.6. The maximum absolute atomic E-state index is 12.8. The number of hydrogen-bond donors (Lipinski definition) is 0. The second kappa shape index (κ2) is 60.2. The number of rotatable bonds is 58. The Morgan fingerprint density at radius 1 is 0.282 bits per heavy atom. The molecule has 0 aromatic rings. The van der Waals surface area contributed by atoms with Crippen LogP contribution in [0.4, 0.5) is 0 Å². The van der Waals surface area contributed by atoms with E-state index in [1.165, 1.54) is 218 Å². The molecule has 0 spiro atoms. The molecule has 0 N–H and O–H groups in total. The van der Waals surface area contributed by atoms with Gasteiger partial charge in [0.05, 0.1) is 0 Å². The number of unbranched alkanes of at least 4 members (excludes halogenated alkanes) is 41. The topological polar surface area (TPSA) is 78.9 Å². The zero-order valence-corrected chi connectivity index (χ0v) is 47.8. The van der Waals surface area contributed by atoms with Crippen molar-refractivity contribution in [2.45, 2.75) is 348 Å². The summed E-state index contributed by atoms with van der Waals surface area (Å²) in [5.74, 6) is -0.874. The van der Waals surface area contributed by atoms with Crippen molar-refractivity contribution >= 4 is 17.9 Å². The van der Waals surface area contributed by atoms with Gasteiger partial charge in [-0.3, -0.25) is 14.4 Å². The zero-order valence-electron chi connectivity index (χ0n) is 47.8. The van der Waals surface area contributed by atoms with Gasteiger partial charge in [-0.25, -0.2) is 0 Å². The highest BCUT2D eigenvalue weighted by Gasteiger charge is 2.19. The molecule has 0 fully saturated rings. The minimum atomic E-state index is -0.771. The van der Waals surface area contributed by atoms with Crippen LogP contribution in [0, 0.1) is 0 Å². The van der Waals surface area contributed by atoms with E-state index in [9.17, 15) is 14.4 Å². The van der Waals surface area contributed by atoms with Crippen LogP contribution in [0.15, 0.2) is 36.5 Å². The van der Waals surface area contributed by atoms with Crippen LogP contribution in [-0.2, 0) is 28.6 Å². The molecular weight excluding hydrogens is 877 g/mol. The SMILES string of the molecule is CCCCCCC/C=C\C/C=C\C/C=C\CCCCCCCCCCC(=O)OC(COC(=O)CCCCCCC)COC(=O)CCCCCCCCCCCCCCCCCCCCCCCCCCC. The van der Waals surface area contributed by atoms with E-state index < -0.39 is 6.10 Å². The highest BCUT2D eigenvalue weighted by molar-refractivity contribution is 5.71. The molecule has 6 heteroatoms. The third kappa shape index (κ3) is 58.4. The number of esters is 3. The molecule has 416 valence electrons. The number of carbonyl (C=O) groups is 3. The van der Waals surface area contributed by atoms with Crippen molar-refractivity contribution in [3.8, 4) is 0 Å². The summed E-state index contributed by atoms with van der Waals surface area (Å²) in [5.41, 5.74) is 0. The van der Waals surface area contributed by atoms with Gasteiger partial charge in [0.2, 0.25) is 0 Å². The van der Waals surface area contributed by atoms with Gasteiger partial charge in [-0.05, 0) is 57.8 Å².